The molecule has 4 nitrogen and oxygen atoms in total. The molecule has 0 spiro atoms. The van der Waals surface area contributed by atoms with Gasteiger partial charge in [-0.1, -0.05) is 103 Å². The van der Waals surface area contributed by atoms with Crippen LogP contribution in [0.5, 0.6) is 0 Å². The van der Waals surface area contributed by atoms with Crippen molar-refractivity contribution in [1.82, 2.24) is 15.0 Å². The third kappa shape index (κ3) is 4.71. The van der Waals surface area contributed by atoms with Crippen molar-refractivity contribution in [2.75, 3.05) is 0 Å². The molecule has 0 amide bonds. The fraction of sp³-hybridized carbons (Fsp3) is 0. The lowest BCUT2D eigenvalue weighted by Gasteiger charge is -2.14. The van der Waals surface area contributed by atoms with Crippen LogP contribution in [0, 0.1) is 0 Å². The Morgan fingerprint density at radius 2 is 1.18 bits per heavy atom. The van der Waals surface area contributed by atoms with Gasteiger partial charge in [-0.2, -0.15) is 0 Å². The van der Waals surface area contributed by atoms with E-state index in [0.717, 1.165) is 72.3 Å². The lowest BCUT2D eigenvalue weighted by molar-refractivity contribution is 0.670. The Kier molecular flexibility index (Phi) is 6.64. The van der Waals surface area contributed by atoms with Gasteiger partial charge in [0.15, 0.2) is 5.82 Å². The minimum atomic E-state index is 0.643. The van der Waals surface area contributed by atoms with Gasteiger partial charge in [-0.3, -0.25) is 4.98 Å². The van der Waals surface area contributed by atoms with Crippen LogP contribution in [0.4, 0.5) is 0 Å². The van der Waals surface area contributed by atoms with E-state index in [-0.39, 0.29) is 0 Å². The van der Waals surface area contributed by atoms with Gasteiger partial charge < -0.3 is 4.42 Å². The van der Waals surface area contributed by atoms with E-state index < -0.39 is 0 Å². The summed E-state index contributed by atoms with van der Waals surface area (Å²) in [6.45, 7) is 0. The molecule has 234 valence electrons. The maximum atomic E-state index is 6.73. The number of furan rings is 1. The average molecular weight is 658 g/mol. The van der Waals surface area contributed by atoms with Gasteiger partial charge in [0, 0.05) is 71.2 Å². The summed E-state index contributed by atoms with van der Waals surface area (Å²) in [5, 5.41) is 4.57. The second kappa shape index (κ2) is 11.6. The van der Waals surface area contributed by atoms with Crippen LogP contribution in [-0.2, 0) is 0 Å². The molecule has 0 bridgehead atoms. The Morgan fingerprint density at radius 1 is 0.460 bits per heavy atom. The quantitative estimate of drug-likeness (QED) is 0.185. The molecule has 0 saturated carbocycles. The zero-order chi connectivity index (χ0) is 33.0. The summed E-state index contributed by atoms with van der Waals surface area (Å²) < 4.78 is 9.30. The second-order valence-electron chi connectivity index (χ2n) is 12.4. The van der Waals surface area contributed by atoms with Gasteiger partial charge in [0.05, 0.1) is 11.4 Å². The van der Waals surface area contributed by atoms with Gasteiger partial charge in [-0.25, -0.2) is 9.97 Å². The molecule has 10 aromatic rings. The fourth-order valence-electron chi connectivity index (χ4n) is 7.08. The van der Waals surface area contributed by atoms with Crippen molar-refractivity contribution >= 4 is 53.4 Å². The maximum Gasteiger partial charge on any atom is 0.161 e. The van der Waals surface area contributed by atoms with Crippen LogP contribution in [-0.4, -0.2) is 15.0 Å². The molecule has 0 atom stereocenters. The Balaban J connectivity index is 1.23. The van der Waals surface area contributed by atoms with Gasteiger partial charge in [0.1, 0.15) is 11.2 Å². The highest BCUT2D eigenvalue weighted by Crippen LogP contribution is 2.44. The minimum Gasteiger partial charge on any atom is -0.455 e. The van der Waals surface area contributed by atoms with E-state index in [4.69, 9.17) is 14.4 Å². The summed E-state index contributed by atoms with van der Waals surface area (Å²) in [7, 11) is 0. The van der Waals surface area contributed by atoms with Crippen molar-refractivity contribution in [2.24, 2.45) is 0 Å². The van der Waals surface area contributed by atoms with Crippen LogP contribution in [0.2, 0.25) is 0 Å². The first-order valence-electron chi connectivity index (χ1n) is 16.6. The molecule has 0 unspecified atom stereocenters. The standard InChI is InChI=1S/C45H27N3OS/c1-2-11-28(12-3-1)38-26-39(33-15-5-4-14-31(33)30-13-10-24-46-27-30)48-45(47-38)36-22-21-32(44-43(36)35-17-6-8-18-40(35)49-44)29-20-23-42-37(25-29)34-16-7-9-19-41(34)50-42/h1-27H. The SMILES string of the molecule is c1ccc(-c2cc(-c3ccccc3-c3cccnc3)nc(-c3ccc(-c4ccc5sc6ccccc6c5c4)c4oc5ccccc5c34)n2)cc1. The van der Waals surface area contributed by atoms with Crippen LogP contribution < -0.4 is 0 Å². The normalized spacial score (nSPS) is 11.6. The van der Waals surface area contributed by atoms with E-state index in [2.05, 4.69) is 120 Å². The fourth-order valence-corrected chi connectivity index (χ4v) is 8.16. The number of fused-ring (bicyclic) bond motifs is 6. The molecule has 6 aromatic carbocycles. The molecule has 10 rings (SSSR count). The second-order valence-corrected chi connectivity index (χ2v) is 13.5. The molecular weight excluding hydrogens is 631 g/mol. The number of pyridine rings is 1. The lowest BCUT2D eigenvalue weighted by atomic mass is 9.96. The van der Waals surface area contributed by atoms with Crippen molar-refractivity contribution in [3.05, 3.63) is 164 Å². The van der Waals surface area contributed by atoms with E-state index in [9.17, 15) is 0 Å². The first kappa shape index (κ1) is 28.6. The first-order valence-corrected chi connectivity index (χ1v) is 17.4. The third-order valence-electron chi connectivity index (χ3n) is 9.43. The molecule has 0 fully saturated rings. The Hall–Kier alpha value is -6.43. The van der Waals surface area contributed by atoms with Crippen LogP contribution in [0.3, 0.4) is 0 Å². The molecular formula is C45H27N3OS. The van der Waals surface area contributed by atoms with Crippen molar-refractivity contribution in [3.8, 4) is 56.2 Å². The van der Waals surface area contributed by atoms with Crippen molar-refractivity contribution in [1.29, 1.82) is 0 Å². The predicted molar refractivity (Wildman–Crippen MR) is 207 cm³/mol. The van der Waals surface area contributed by atoms with E-state index in [0.29, 0.717) is 5.82 Å². The first-order chi connectivity index (χ1) is 24.8. The highest BCUT2D eigenvalue weighted by atomic mass is 32.1. The van der Waals surface area contributed by atoms with E-state index >= 15 is 0 Å². The van der Waals surface area contributed by atoms with Gasteiger partial charge in [0.25, 0.3) is 0 Å². The molecule has 4 aromatic heterocycles. The average Bonchev–Trinajstić information content (AvgIpc) is 3.77. The largest absolute Gasteiger partial charge is 0.455 e. The number of rotatable bonds is 5. The number of hydrogen-bond donors (Lipinski definition) is 0. The van der Waals surface area contributed by atoms with Crippen LogP contribution >= 0.6 is 11.3 Å². The number of nitrogens with zero attached hydrogens (tertiary/aromatic N) is 3. The van der Waals surface area contributed by atoms with Gasteiger partial charge >= 0.3 is 0 Å². The summed E-state index contributed by atoms with van der Waals surface area (Å²) in [5.41, 5.74) is 10.6. The van der Waals surface area contributed by atoms with Crippen molar-refractivity contribution in [3.63, 3.8) is 0 Å². The summed E-state index contributed by atoms with van der Waals surface area (Å²) in [5.74, 6) is 0.643. The minimum absolute atomic E-state index is 0.643. The number of hydrogen-bond acceptors (Lipinski definition) is 5. The molecule has 0 aliphatic rings. The van der Waals surface area contributed by atoms with Crippen LogP contribution in [0.15, 0.2) is 168 Å². The number of benzene rings is 6. The Labute approximate surface area is 292 Å². The van der Waals surface area contributed by atoms with E-state index in [1.54, 1.807) is 6.20 Å². The molecule has 4 heterocycles. The van der Waals surface area contributed by atoms with E-state index in [1.807, 2.05) is 53.9 Å². The summed E-state index contributed by atoms with van der Waals surface area (Å²) in [6.07, 6.45) is 3.70. The topological polar surface area (TPSA) is 51.8 Å². The lowest BCUT2D eigenvalue weighted by Crippen LogP contribution is -1.98. The molecule has 0 aliphatic heterocycles. The summed E-state index contributed by atoms with van der Waals surface area (Å²) >= 11 is 1.83. The summed E-state index contributed by atoms with van der Waals surface area (Å²) in [4.78, 5) is 15.0. The molecule has 0 aliphatic carbocycles. The molecule has 50 heavy (non-hydrogen) atoms. The monoisotopic (exact) mass is 657 g/mol. The highest BCUT2D eigenvalue weighted by molar-refractivity contribution is 7.25. The van der Waals surface area contributed by atoms with Crippen LogP contribution in [0.25, 0.3) is 98.3 Å². The Morgan fingerprint density at radius 3 is 2.06 bits per heavy atom. The van der Waals surface area contributed by atoms with E-state index in [1.165, 1.54) is 20.2 Å². The van der Waals surface area contributed by atoms with Gasteiger partial charge in [0.2, 0.25) is 0 Å². The maximum absolute atomic E-state index is 6.73. The van der Waals surface area contributed by atoms with Crippen LogP contribution in [0.1, 0.15) is 0 Å². The highest BCUT2D eigenvalue weighted by Gasteiger charge is 2.21. The van der Waals surface area contributed by atoms with Gasteiger partial charge in [-0.15, -0.1) is 11.3 Å². The number of para-hydroxylation sites is 1. The smallest absolute Gasteiger partial charge is 0.161 e. The van der Waals surface area contributed by atoms with Crippen molar-refractivity contribution < 1.29 is 4.42 Å². The predicted octanol–water partition coefficient (Wildman–Crippen LogP) is 12.5. The summed E-state index contributed by atoms with van der Waals surface area (Å²) in [6, 6.07) is 52.8. The zero-order valence-corrected chi connectivity index (χ0v) is 27.6. The molecule has 5 heteroatoms. The number of aromatic nitrogens is 3. The molecule has 0 saturated heterocycles. The van der Waals surface area contributed by atoms with Crippen molar-refractivity contribution in [2.45, 2.75) is 0 Å². The zero-order valence-electron chi connectivity index (χ0n) is 26.7. The third-order valence-corrected chi connectivity index (χ3v) is 10.6. The molecule has 0 N–H and O–H groups in total. The molecule has 0 radical (unpaired) electrons. The Bertz CT molecular complexity index is 2870. The number of thiophene rings is 1. The van der Waals surface area contributed by atoms with Gasteiger partial charge in [-0.05, 0) is 59.7 Å².